The highest BCUT2D eigenvalue weighted by Gasteiger charge is 2.46. The van der Waals surface area contributed by atoms with Crippen LogP contribution in [0.25, 0.3) is 0 Å². The second-order valence-corrected chi connectivity index (χ2v) is 8.84. The van der Waals surface area contributed by atoms with Crippen LogP contribution in [0.5, 0.6) is 0 Å². The first kappa shape index (κ1) is 16.7. The third-order valence-corrected chi connectivity index (χ3v) is 6.23. The van der Waals surface area contributed by atoms with Crippen molar-refractivity contribution in [3.8, 4) is 0 Å². The normalized spacial score (nSPS) is 40.6. The van der Waals surface area contributed by atoms with Crippen molar-refractivity contribution in [1.82, 2.24) is 10.2 Å². The van der Waals surface area contributed by atoms with Crippen LogP contribution < -0.4 is 5.32 Å². The van der Waals surface area contributed by atoms with Crippen LogP contribution in [0.2, 0.25) is 0 Å². The lowest BCUT2D eigenvalue weighted by molar-refractivity contribution is 0.0218. The summed E-state index contributed by atoms with van der Waals surface area (Å²) in [5, 5.41) is 4.01. The zero-order valence-corrected chi connectivity index (χ0v) is 15.1. The summed E-state index contributed by atoms with van der Waals surface area (Å²) in [4.78, 5) is 2.83. The largest absolute Gasteiger partial charge is 0.381 e. The minimum atomic E-state index is 0.268. The summed E-state index contributed by atoms with van der Waals surface area (Å²) in [6.45, 7) is 7.20. The Balaban J connectivity index is 1.68. The topological polar surface area (TPSA) is 24.5 Å². The smallest absolute Gasteiger partial charge is 0.0610 e. The standard InChI is InChI=1S/C19H36N2O/c1-19(2,3)21-17-11-6-5-10-16(17)20-18(21)13-14-8-7-9-15(12-14)22-4/h14-18,20H,5-13H2,1-4H3. The Morgan fingerprint density at radius 3 is 2.55 bits per heavy atom. The van der Waals surface area contributed by atoms with Gasteiger partial charge in [0.25, 0.3) is 0 Å². The van der Waals surface area contributed by atoms with Gasteiger partial charge in [-0.3, -0.25) is 10.2 Å². The van der Waals surface area contributed by atoms with Crippen LogP contribution in [0.1, 0.15) is 78.6 Å². The van der Waals surface area contributed by atoms with E-state index in [9.17, 15) is 0 Å². The molecular formula is C19H36N2O. The molecule has 0 spiro atoms. The Kier molecular flexibility index (Phi) is 5.16. The number of ether oxygens (including phenoxy) is 1. The zero-order valence-electron chi connectivity index (χ0n) is 15.1. The summed E-state index contributed by atoms with van der Waals surface area (Å²) in [5.41, 5.74) is 0.268. The molecule has 1 saturated heterocycles. The van der Waals surface area contributed by atoms with E-state index in [2.05, 4.69) is 31.0 Å². The fraction of sp³-hybridized carbons (Fsp3) is 1.00. The Hall–Kier alpha value is -0.120. The zero-order chi connectivity index (χ0) is 15.7. The highest BCUT2D eigenvalue weighted by Crippen LogP contribution is 2.39. The lowest BCUT2D eigenvalue weighted by Gasteiger charge is -2.43. The molecular weight excluding hydrogens is 272 g/mol. The maximum absolute atomic E-state index is 5.64. The molecule has 128 valence electrons. The molecule has 0 bridgehead atoms. The molecule has 1 heterocycles. The fourth-order valence-corrected chi connectivity index (χ4v) is 5.33. The minimum absolute atomic E-state index is 0.268. The van der Waals surface area contributed by atoms with Crippen molar-refractivity contribution in [2.75, 3.05) is 7.11 Å². The van der Waals surface area contributed by atoms with Crippen LogP contribution in [0.4, 0.5) is 0 Å². The molecule has 3 rings (SSSR count). The highest BCUT2D eigenvalue weighted by molar-refractivity contribution is 5.02. The van der Waals surface area contributed by atoms with Gasteiger partial charge in [-0.25, -0.2) is 0 Å². The highest BCUT2D eigenvalue weighted by atomic mass is 16.5. The monoisotopic (exact) mass is 308 g/mol. The number of nitrogens with zero attached hydrogens (tertiary/aromatic N) is 1. The van der Waals surface area contributed by atoms with E-state index in [1.54, 1.807) is 0 Å². The van der Waals surface area contributed by atoms with E-state index in [-0.39, 0.29) is 5.54 Å². The first-order valence-electron chi connectivity index (χ1n) is 9.56. The Bertz CT molecular complexity index is 365. The van der Waals surface area contributed by atoms with Crippen molar-refractivity contribution in [1.29, 1.82) is 0 Å². The number of methoxy groups -OCH3 is 1. The average Bonchev–Trinajstić information content (AvgIpc) is 2.85. The van der Waals surface area contributed by atoms with Crippen molar-refractivity contribution in [3.63, 3.8) is 0 Å². The molecule has 3 heteroatoms. The summed E-state index contributed by atoms with van der Waals surface area (Å²) in [6.07, 6.45) is 13.2. The van der Waals surface area contributed by atoms with Crippen LogP contribution >= 0.6 is 0 Å². The lowest BCUT2D eigenvalue weighted by Crippen LogP contribution is -2.52. The van der Waals surface area contributed by atoms with Crippen molar-refractivity contribution >= 4 is 0 Å². The van der Waals surface area contributed by atoms with Crippen molar-refractivity contribution in [2.24, 2.45) is 5.92 Å². The van der Waals surface area contributed by atoms with Crippen molar-refractivity contribution in [3.05, 3.63) is 0 Å². The predicted octanol–water partition coefficient (Wildman–Crippen LogP) is 3.92. The van der Waals surface area contributed by atoms with Gasteiger partial charge in [0, 0.05) is 24.7 Å². The number of hydrogen-bond donors (Lipinski definition) is 1. The van der Waals surface area contributed by atoms with Crippen molar-refractivity contribution < 1.29 is 4.74 Å². The fourth-order valence-electron chi connectivity index (χ4n) is 5.33. The first-order valence-corrected chi connectivity index (χ1v) is 9.56. The van der Waals surface area contributed by atoms with Crippen LogP contribution in [0.15, 0.2) is 0 Å². The van der Waals surface area contributed by atoms with Gasteiger partial charge in [0.2, 0.25) is 0 Å². The molecule has 3 nitrogen and oxygen atoms in total. The van der Waals surface area contributed by atoms with Gasteiger partial charge < -0.3 is 4.74 Å². The van der Waals surface area contributed by atoms with E-state index in [0.29, 0.717) is 12.3 Å². The summed E-state index contributed by atoms with van der Waals surface area (Å²) >= 11 is 0. The van der Waals surface area contributed by atoms with E-state index in [0.717, 1.165) is 18.0 Å². The molecule has 22 heavy (non-hydrogen) atoms. The second kappa shape index (κ2) is 6.78. The number of nitrogens with one attached hydrogen (secondary N) is 1. The van der Waals surface area contributed by atoms with E-state index in [1.165, 1.54) is 57.8 Å². The molecule has 0 radical (unpaired) electrons. The number of hydrogen-bond acceptors (Lipinski definition) is 3. The van der Waals surface area contributed by atoms with E-state index < -0.39 is 0 Å². The Morgan fingerprint density at radius 1 is 1.05 bits per heavy atom. The second-order valence-electron chi connectivity index (χ2n) is 8.84. The van der Waals surface area contributed by atoms with Gasteiger partial charge in [0.15, 0.2) is 0 Å². The van der Waals surface area contributed by atoms with E-state index in [1.807, 2.05) is 7.11 Å². The van der Waals surface area contributed by atoms with Gasteiger partial charge >= 0.3 is 0 Å². The van der Waals surface area contributed by atoms with Gasteiger partial charge in [0.05, 0.1) is 12.3 Å². The molecule has 0 aromatic heterocycles. The molecule has 2 saturated carbocycles. The Morgan fingerprint density at radius 2 is 1.82 bits per heavy atom. The molecule has 3 fully saturated rings. The third kappa shape index (κ3) is 3.52. The molecule has 2 aliphatic carbocycles. The maximum atomic E-state index is 5.64. The Labute approximate surface area is 137 Å². The van der Waals surface area contributed by atoms with Gasteiger partial charge in [-0.2, -0.15) is 0 Å². The predicted molar refractivity (Wildman–Crippen MR) is 91.9 cm³/mol. The minimum Gasteiger partial charge on any atom is -0.381 e. The van der Waals surface area contributed by atoms with Crippen LogP contribution in [0.3, 0.4) is 0 Å². The van der Waals surface area contributed by atoms with Crippen LogP contribution in [-0.4, -0.2) is 41.9 Å². The van der Waals surface area contributed by atoms with Crippen LogP contribution in [-0.2, 0) is 4.74 Å². The molecule has 3 aliphatic rings. The quantitative estimate of drug-likeness (QED) is 0.855. The van der Waals surface area contributed by atoms with Gasteiger partial charge in [0.1, 0.15) is 0 Å². The van der Waals surface area contributed by atoms with Gasteiger partial charge in [-0.15, -0.1) is 0 Å². The molecule has 1 N–H and O–H groups in total. The summed E-state index contributed by atoms with van der Waals surface area (Å²) in [6, 6.07) is 1.50. The molecule has 5 atom stereocenters. The summed E-state index contributed by atoms with van der Waals surface area (Å²) in [5.74, 6) is 0.834. The first-order chi connectivity index (χ1) is 10.5. The van der Waals surface area contributed by atoms with Gasteiger partial charge in [-0.1, -0.05) is 25.7 Å². The van der Waals surface area contributed by atoms with E-state index in [4.69, 9.17) is 4.74 Å². The SMILES string of the molecule is COC1CCCC(CC2NC3CCCCC3N2C(C)(C)C)C1. The number of fused-ring (bicyclic) bond motifs is 1. The van der Waals surface area contributed by atoms with Gasteiger partial charge in [-0.05, 0) is 58.8 Å². The van der Waals surface area contributed by atoms with Crippen molar-refractivity contribution in [2.45, 2.75) is 108 Å². The maximum Gasteiger partial charge on any atom is 0.0610 e. The summed E-state index contributed by atoms with van der Waals surface area (Å²) < 4.78 is 5.64. The molecule has 0 aromatic carbocycles. The third-order valence-electron chi connectivity index (χ3n) is 6.23. The van der Waals surface area contributed by atoms with E-state index >= 15 is 0 Å². The molecule has 0 aromatic rings. The molecule has 0 amide bonds. The lowest BCUT2D eigenvalue weighted by atomic mass is 9.83. The summed E-state index contributed by atoms with van der Waals surface area (Å²) in [7, 11) is 1.89. The van der Waals surface area contributed by atoms with Crippen LogP contribution in [0, 0.1) is 5.92 Å². The number of rotatable bonds is 3. The molecule has 5 unspecified atom stereocenters. The average molecular weight is 309 g/mol. The molecule has 1 aliphatic heterocycles.